The topological polar surface area (TPSA) is 49.6 Å². The van der Waals surface area contributed by atoms with E-state index < -0.39 is 6.04 Å². The van der Waals surface area contributed by atoms with Gasteiger partial charge in [-0.2, -0.15) is 11.8 Å². The fourth-order valence-corrected chi connectivity index (χ4v) is 2.43. The zero-order valence-corrected chi connectivity index (χ0v) is 13.6. The van der Waals surface area contributed by atoms with Gasteiger partial charge in [0.05, 0.1) is 6.04 Å². The summed E-state index contributed by atoms with van der Waals surface area (Å²) in [5, 5.41) is 0. The summed E-state index contributed by atoms with van der Waals surface area (Å²) in [6, 6.07) is 7.79. The highest BCUT2D eigenvalue weighted by Crippen LogP contribution is 2.15. The Morgan fingerprint density at radius 2 is 2.05 bits per heavy atom. The Morgan fingerprint density at radius 1 is 1.35 bits per heavy atom. The average Bonchev–Trinajstić information content (AvgIpc) is 2.44. The van der Waals surface area contributed by atoms with Crippen LogP contribution in [-0.4, -0.2) is 50.0 Å². The standard InChI is InChI=1S/C15H25N3OS/c1-17(2)13-7-5-6-12(10-13)11-18(3)15(19)14(16)8-9-20-4/h5-7,10,14H,8-9,11,16H2,1-4H3. The molecule has 0 bridgehead atoms. The van der Waals surface area contributed by atoms with E-state index in [2.05, 4.69) is 17.0 Å². The molecule has 0 aliphatic carbocycles. The molecule has 0 spiro atoms. The summed E-state index contributed by atoms with van der Waals surface area (Å²) in [5.74, 6) is 0.922. The van der Waals surface area contributed by atoms with Gasteiger partial charge in [-0.3, -0.25) is 4.79 Å². The molecule has 2 N–H and O–H groups in total. The largest absolute Gasteiger partial charge is 0.378 e. The maximum atomic E-state index is 12.2. The third kappa shape index (κ3) is 5.06. The van der Waals surface area contributed by atoms with E-state index in [1.54, 1.807) is 16.7 Å². The first kappa shape index (κ1) is 16.9. The van der Waals surface area contributed by atoms with E-state index in [9.17, 15) is 4.79 Å². The molecule has 1 rings (SSSR count). The van der Waals surface area contributed by atoms with Crippen molar-refractivity contribution in [1.82, 2.24) is 4.90 Å². The van der Waals surface area contributed by atoms with Crippen molar-refractivity contribution in [3.05, 3.63) is 29.8 Å². The summed E-state index contributed by atoms with van der Waals surface area (Å²) in [6.45, 7) is 0.591. The molecule has 112 valence electrons. The molecule has 0 saturated heterocycles. The lowest BCUT2D eigenvalue weighted by atomic mass is 10.1. The predicted octanol–water partition coefficient (Wildman–Crippen LogP) is 1.79. The van der Waals surface area contributed by atoms with Crippen LogP contribution in [-0.2, 0) is 11.3 Å². The molecule has 1 aromatic rings. The second-order valence-corrected chi connectivity index (χ2v) is 6.13. The van der Waals surface area contributed by atoms with Crippen LogP contribution in [0.25, 0.3) is 0 Å². The van der Waals surface area contributed by atoms with Crippen molar-refractivity contribution in [1.29, 1.82) is 0 Å². The minimum atomic E-state index is -0.399. The average molecular weight is 295 g/mol. The Morgan fingerprint density at radius 3 is 2.65 bits per heavy atom. The maximum absolute atomic E-state index is 12.2. The predicted molar refractivity (Wildman–Crippen MR) is 88.2 cm³/mol. The summed E-state index contributed by atoms with van der Waals surface area (Å²) >= 11 is 1.71. The summed E-state index contributed by atoms with van der Waals surface area (Å²) in [4.78, 5) is 15.9. The van der Waals surface area contributed by atoms with Crippen LogP contribution >= 0.6 is 11.8 Å². The Bertz CT molecular complexity index is 437. The highest BCUT2D eigenvalue weighted by atomic mass is 32.2. The molecule has 0 aliphatic heterocycles. The van der Waals surface area contributed by atoms with Crippen molar-refractivity contribution in [3.63, 3.8) is 0 Å². The Labute approximate surface area is 126 Å². The summed E-state index contributed by atoms with van der Waals surface area (Å²) in [7, 11) is 5.82. The van der Waals surface area contributed by atoms with Gasteiger partial charge in [-0.1, -0.05) is 12.1 Å². The van der Waals surface area contributed by atoms with E-state index in [0.29, 0.717) is 6.54 Å². The minimum absolute atomic E-state index is 0.00862. The molecule has 4 nitrogen and oxygen atoms in total. The van der Waals surface area contributed by atoms with Gasteiger partial charge in [-0.15, -0.1) is 0 Å². The number of nitrogens with zero attached hydrogens (tertiary/aromatic N) is 2. The van der Waals surface area contributed by atoms with E-state index >= 15 is 0 Å². The van der Waals surface area contributed by atoms with Crippen LogP contribution in [0.3, 0.4) is 0 Å². The molecule has 1 atom stereocenters. The number of anilines is 1. The van der Waals surface area contributed by atoms with Crippen LogP contribution in [0.4, 0.5) is 5.69 Å². The SMILES string of the molecule is CSCCC(N)C(=O)N(C)Cc1cccc(N(C)C)c1. The lowest BCUT2D eigenvalue weighted by Gasteiger charge is -2.22. The van der Waals surface area contributed by atoms with Gasteiger partial charge in [0.25, 0.3) is 0 Å². The number of carbonyl (C=O) groups excluding carboxylic acids is 1. The number of hydrogen-bond donors (Lipinski definition) is 1. The molecule has 0 saturated carbocycles. The third-order valence-corrected chi connectivity index (χ3v) is 3.82. The molecule has 0 heterocycles. The fraction of sp³-hybridized carbons (Fsp3) is 0.533. The summed E-state index contributed by atoms with van der Waals surface area (Å²) in [5.41, 5.74) is 8.17. The van der Waals surface area contributed by atoms with Gasteiger partial charge < -0.3 is 15.5 Å². The van der Waals surface area contributed by atoms with E-state index in [0.717, 1.165) is 23.4 Å². The molecule has 0 radical (unpaired) electrons. The van der Waals surface area contributed by atoms with Gasteiger partial charge in [0.1, 0.15) is 0 Å². The van der Waals surface area contributed by atoms with Gasteiger partial charge in [0.15, 0.2) is 0 Å². The molecule has 0 aromatic heterocycles. The van der Waals surface area contributed by atoms with E-state index in [-0.39, 0.29) is 5.91 Å². The number of likely N-dealkylation sites (N-methyl/N-ethyl adjacent to an activating group) is 1. The van der Waals surface area contributed by atoms with Crippen molar-refractivity contribution in [2.75, 3.05) is 38.1 Å². The number of amides is 1. The molecule has 0 aliphatic rings. The summed E-state index contributed by atoms with van der Waals surface area (Å²) < 4.78 is 0. The monoisotopic (exact) mass is 295 g/mol. The van der Waals surface area contributed by atoms with Gasteiger partial charge in [0, 0.05) is 33.4 Å². The normalized spacial score (nSPS) is 12.1. The third-order valence-electron chi connectivity index (χ3n) is 3.17. The van der Waals surface area contributed by atoms with E-state index in [4.69, 9.17) is 5.73 Å². The molecule has 20 heavy (non-hydrogen) atoms. The zero-order valence-electron chi connectivity index (χ0n) is 12.8. The van der Waals surface area contributed by atoms with Gasteiger partial charge >= 0.3 is 0 Å². The first-order valence-corrected chi connectivity index (χ1v) is 8.11. The van der Waals surface area contributed by atoms with E-state index in [1.807, 2.05) is 39.5 Å². The highest BCUT2D eigenvalue weighted by Gasteiger charge is 2.17. The lowest BCUT2D eigenvalue weighted by Crippen LogP contribution is -2.41. The second-order valence-electron chi connectivity index (χ2n) is 5.15. The van der Waals surface area contributed by atoms with Crippen molar-refractivity contribution >= 4 is 23.4 Å². The first-order valence-electron chi connectivity index (χ1n) is 6.71. The van der Waals surface area contributed by atoms with Crippen molar-refractivity contribution in [2.45, 2.75) is 19.0 Å². The summed E-state index contributed by atoms with van der Waals surface area (Å²) in [6.07, 6.45) is 2.75. The van der Waals surface area contributed by atoms with E-state index in [1.165, 1.54) is 0 Å². The molecule has 1 unspecified atom stereocenters. The lowest BCUT2D eigenvalue weighted by molar-refractivity contribution is -0.131. The highest BCUT2D eigenvalue weighted by molar-refractivity contribution is 7.98. The second kappa shape index (κ2) is 8.17. The molecular formula is C15H25N3OS. The maximum Gasteiger partial charge on any atom is 0.239 e. The number of benzene rings is 1. The minimum Gasteiger partial charge on any atom is -0.378 e. The Kier molecular flexibility index (Phi) is 6.88. The van der Waals surface area contributed by atoms with Crippen LogP contribution in [0.2, 0.25) is 0 Å². The quantitative estimate of drug-likeness (QED) is 0.833. The molecule has 1 amide bonds. The van der Waals surface area contributed by atoms with Crippen molar-refractivity contribution in [3.8, 4) is 0 Å². The van der Waals surface area contributed by atoms with Crippen LogP contribution in [0, 0.1) is 0 Å². The van der Waals surface area contributed by atoms with Crippen LogP contribution < -0.4 is 10.6 Å². The van der Waals surface area contributed by atoms with Crippen LogP contribution in [0.15, 0.2) is 24.3 Å². The Hall–Kier alpha value is -1.20. The molecule has 1 aromatic carbocycles. The van der Waals surface area contributed by atoms with Gasteiger partial charge in [-0.25, -0.2) is 0 Å². The molecule has 0 fully saturated rings. The number of carbonyl (C=O) groups is 1. The van der Waals surface area contributed by atoms with Gasteiger partial charge in [-0.05, 0) is 36.1 Å². The van der Waals surface area contributed by atoms with Crippen LogP contribution in [0.1, 0.15) is 12.0 Å². The smallest absolute Gasteiger partial charge is 0.239 e. The first-order chi connectivity index (χ1) is 9.45. The Balaban J connectivity index is 2.63. The van der Waals surface area contributed by atoms with Crippen molar-refractivity contribution in [2.24, 2.45) is 5.73 Å². The number of thioether (sulfide) groups is 1. The zero-order chi connectivity index (χ0) is 15.1. The molecule has 5 heteroatoms. The number of rotatable bonds is 7. The number of nitrogens with two attached hydrogens (primary N) is 1. The number of hydrogen-bond acceptors (Lipinski definition) is 4. The van der Waals surface area contributed by atoms with Gasteiger partial charge in [0.2, 0.25) is 5.91 Å². The fourth-order valence-electron chi connectivity index (χ4n) is 1.94. The van der Waals surface area contributed by atoms with Crippen LogP contribution in [0.5, 0.6) is 0 Å². The van der Waals surface area contributed by atoms with Crippen molar-refractivity contribution < 1.29 is 4.79 Å². The molecular weight excluding hydrogens is 270 g/mol.